The van der Waals surface area contributed by atoms with Crippen molar-refractivity contribution in [3.8, 4) is 0 Å². The molecule has 0 bridgehead atoms. The Morgan fingerprint density at radius 2 is 1.87 bits per heavy atom. The lowest BCUT2D eigenvalue weighted by Gasteiger charge is -2.03. The Labute approximate surface area is 90.0 Å². The molecule has 0 fully saturated rings. The largest absolute Gasteiger partial charge is 0.501 e. The molecule has 0 saturated carbocycles. The zero-order valence-corrected chi connectivity index (χ0v) is 8.65. The fourth-order valence-electron chi connectivity index (χ4n) is 1.65. The first-order valence-electron chi connectivity index (χ1n) is 5.10. The van der Waals surface area contributed by atoms with Crippen LogP contribution in [0.2, 0.25) is 0 Å². The van der Waals surface area contributed by atoms with Gasteiger partial charge in [0.15, 0.2) is 0 Å². The van der Waals surface area contributed by atoms with Crippen LogP contribution >= 0.6 is 0 Å². The molecule has 1 nitrogen and oxygen atoms in total. The summed E-state index contributed by atoms with van der Waals surface area (Å²) in [6.45, 7) is 4.22. The molecular formula is C14H14O. The number of hydrogen-bond donors (Lipinski definition) is 0. The Morgan fingerprint density at radius 1 is 1.07 bits per heavy atom. The molecule has 0 aromatic heterocycles. The summed E-state index contributed by atoms with van der Waals surface area (Å²) in [6, 6.07) is 14.9. The zero-order chi connectivity index (χ0) is 10.5. The fourth-order valence-corrected chi connectivity index (χ4v) is 1.65. The minimum atomic E-state index is 0.696. The molecule has 15 heavy (non-hydrogen) atoms. The second-order valence-corrected chi connectivity index (χ2v) is 3.47. The number of rotatable bonds is 4. The molecule has 0 aliphatic carbocycles. The smallest absolute Gasteiger partial charge is 0.0913 e. The topological polar surface area (TPSA) is 9.23 Å². The van der Waals surface area contributed by atoms with Crippen molar-refractivity contribution in [2.24, 2.45) is 0 Å². The van der Waals surface area contributed by atoms with Crippen LogP contribution in [0.15, 0.2) is 55.3 Å². The van der Waals surface area contributed by atoms with Gasteiger partial charge in [-0.2, -0.15) is 0 Å². The second kappa shape index (κ2) is 4.65. The van der Waals surface area contributed by atoms with Crippen molar-refractivity contribution in [1.29, 1.82) is 0 Å². The van der Waals surface area contributed by atoms with Crippen molar-refractivity contribution < 1.29 is 4.74 Å². The highest BCUT2D eigenvalue weighted by Crippen LogP contribution is 2.15. The van der Waals surface area contributed by atoms with Gasteiger partial charge in [-0.05, 0) is 16.3 Å². The summed E-state index contributed by atoms with van der Waals surface area (Å²) in [5.74, 6) is 0. The predicted molar refractivity (Wildman–Crippen MR) is 63.8 cm³/mol. The first-order valence-corrected chi connectivity index (χ1v) is 5.10. The molecule has 0 spiro atoms. The van der Waals surface area contributed by atoms with Crippen LogP contribution in [0.25, 0.3) is 10.8 Å². The van der Waals surface area contributed by atoms with Gasteiger partial charge in [-0.3, -0.25) is 0 Å². The maximum atomic E-state index is 5.11. The van der Waals surface area contributed by atoms with E-state index >= 15 is 0 Å². The number of ether oxygens (including phenoxy) is 1. The maximum Gasteiger partial charge on any atom is 0.0913 e. The normalized spacial score (nSPS) is 10.1. The van der Waals surface area contributed by atoms with Crippen LogP contribution < -0.4 is 0 Å². The van der Waals surface area contributed by atoms with Gasteiger partial charge >= 0.3 is 0 Å². The van der Waals surface area contributed by atoms with Crippen LogP contribution in [-0.4, -0.2) is 6.61 Å². The van der Waals surface area contributed by atoms with E-state index in [1.165, 1.54) is 22.6 Å². The summed E-state index contributed by atoms with van der Waals surface area (Å²) < 4.78 is 5.11. The van der Waals surface area contributed by atoms with Crippen LogP contribution in [0.4, 0.5) is 0 Å². The van der Waals surface area contributed by atoms with Gasteiger partial charge in [0.05, 0.1) is 12.9 Å². The molecule has 76 valence electrons. The summed E-state index contributed by atoms with van der Waals surface area (Å²) in [5.41, 5.74) is 1.30. The SMILES string of the molecule is C=COCCc1ccc2ccccc2c1. The molecule has 2 rings (SSSR count). The van der Waals surface area contributed by atoms with Crippen molar-refractivity contribution in [3.63, 3.8) is 0 Å². The quantitative estimate of drug-likeness (QED) is 0.539. The van der Waals surface area contributed by atoms with E-state index in [1.807, 2.05) is 0 Å². The van der Waals surface area contributed by atoms with E-state index in [2.05, 4.69) is 49.0 Å². The molecular weight excluding hydrogens is 184 g/mol. The van der Waals surface area contributed by atoms with Crippen LogP contribution in [0, 0.1) is 0 Å². The molecule has 0 atom stereocenters. The van der Waals surface area contributed by atoms with E-state index in [9.17, 15) is 0 Å². The summed E-state index contributed by atoms with van der Waals surface area (Å²) >= 11 is 0. The molecule has 0 heterocycles. The van der Waals surface area contributed by atoms with E-state index in [4.69, 9.17) is 4.74 Å². The van der Waals surface area contributed by atoms with E-state index < -0.39 is 0 Å². The van der Waals surface area contributed by atoms with E-state index in [0.29, 0.717) is 6.61 Å². The standard InChI is InChI=1S/C14H14O/c1-2-15-10-9-12-7-8-13-5-3-4-6-14(13)11-12/h2-8,11H,1,9-10H2. The van der Waals surface area contributed by atoms with E-state index in [1.54, 1.807) is 0 Å². The summed E-state index contributed by atoms with van der Waals surface area (Å²) in [4.78, 5) is 0. The lowest BCUT2D eigenvalue weighted by Crippen LogP contribution is -1.93. The molecule has 0 N–H and O–H groups in total. The van der Waals surface area contributed by atoms with Crippen LogP contribution in [0.1, 0.15) is 5.56 Å². The van der Waals surface area contributed by atoms with Crippen LogP contribution in [0.5, 0.6) is 0 Å². The van der Waals surface area contributed by atoms with Crippen LogP contribution in [0.3, 0.4) is 0 Å². The molecule has 2 aromatic carbocycles. The van der Waals surface area contributed by atoms with Crippen molar-refractivity contribution in [1.82, 2.24) is 0 Å². The molecule has 0 aliphatic heterocycles. The Balaban J connectivity index is 2.19. The van der Waals surface area contributed by atoms with E-state index in [0.717, 1.165) is 6.42 Å². The van der Waals surface area contributed by atoms with Crippen molar-refractivity contribution in [2.75, 3.05) is 6.61 Å². The van der Waals surface area contributed by atoms with Crippen molar-refractivity contribution >= 4 is 10.8 Å². The summed E-state index contributed by atoms with van der Waals surface area (Å²) in [7, 11) is 0. The molecule has 2 aromatic rings. The molecule has 1 heteroatoms. The lowest BCUT2D eigenvalue weighted by atomic mass is 10.1. The molecule has 0 saturated heterocycles. The van der Waals surface area contributed by atoms with Gasteiger partial charge in [0.2, 0.25) is 0 Å². The number of fused-ring (bicyclic) bond motifs is 1. The third kappa shape index (κ3) is 2.38. The van der Waals surface area contributed by atoms with Crippen LogP contribution in [-0.2, 0) is 11.2 Å². The van der Waals surface area contributed by atoms with Gasteiger partial charge in [0.1, 0.15) is 0 Å². The Kier molecular flexibility index (Phi) is 3.03. The first-order chi connectivity index (χ1) is 7.40. The van der Waals surface area contributed by atoms with Gasteiger partial charge in [-0.15, -0.1) is 0 Å². The monoisotopic (exact) mass is 198 g/mol. The van der Waals surface area contributed by atoms with Crippen molar-refractivity contribution in [2.45, 2.75) is 6.42 Å². The Morgan fingerprint density at radius 3 is 2.67 bits per heavy atom. The Hall–Kier alpha value is -1.76. The molecule has 0 radical (unpaired) electrons. The summed E-state index contributed by atoms with van der Waals surface area (Å²) in [5, 5.41) is 2.57. The first kappa shape index (κ1) is 9.78. The average Bonchev–Trinajstić information content (AvgIpc) is 2.29. The number of hydrogen-bond acceptors (Lipinski definition) is 1. The fraction of sp³-hybridized carbons (Fsp3) is 0.143. The van der Waals surface area contributed by atoms with Gasteiger partial charge in [-0.1, -0.05) is 49.0 Å². The van der Waals surface area contributed by atoms with Gasteiger partial charge in [-0.25, -0.2) is 0 Å². The van der Waals surface area contributed by atoms with Gasteiger partial charge < -0.3 is 4.74 Å². The third-order valence-corrected chi connectivity index (χ3v) is 2.44. The van der Waals surface area contributed by atoms with Gasteiger partial charge in [0.25, 0.3) is 0 Å². The lowest BCUT2D eigenvalue weighted by molar-refractivity contribution is 0.255. The highest BCUT2D eigenvalue weighted by molar-refractivity contribution is 5.82. The second-order valence-electron chi connectivity index (χ2n) is 3.47. The average molecular weight is 198 g/mol. The highest BCUT2D eigenvalue weighted by atomic mass is 16.5. The molecule has 0 unspecified atom stereocenters. The summed E-state index contributed by atoms with van der Waals surface area (Å²) in [6.07, 6.45) is 2.41. The highest BCUT2D eigenvalue weighted by Gasteiger charge is 1.95. The number of benzene rings is 2. The minimum absolute atomic E-state index is 0.696. The molecule has 0 amide bonds. The minimum Gasteiger partial charge on any atom is -0.501 e. The third-order valence-electron chi connectivity index (χ3n) is 2.44. The predicted octanol–water partition coefficient (Wildman–Crippen LogP) is 3.54. The van der Waals surface area contributed by atoms with Crippen molar-refractivity contribution in [3.05, 3.63) is 60.9 Å². The van der Waals surface area contributed by atoms with E-state index in [-0.39, 0.29) is 0 Å². The molecule has 0 aliphatic rings. The zero-order valence-electron chi connectivity index (χ0n) is 8.65. The Bertz CT molecular complexity index is 460. The maximum absolute atomic E-state index is 5.11. The van der Waals surface area contributed by atoms with Gasteiger partial charge in [0, 0.05) is 6.42 Å².